The van der Waals surface area contributed by atoms with Crippen LogP contribution < -0.4 is 5.32 Å². The molecule has 2 rings (SSSR count). The van der Waals surface area contributed by atoms with Crippen LogP contribution in [0.1, 0.15) is 39.5 Å². The molecule has 2 aliphatic heterocycles. The predicted octanol–water partition coefficient (Wildman–Crippen LogP) is 2.18. The molecule has 0 spiro atoms. The molecule has 2 saturated heterocycles. The van der Waals surface area contributed by atoms with Crippen molar-refractivity contribution in [1.29, 1.82) is 0 Å². The van der Waals surface area contributed by atoms with Gasteiger partial charge in [0, 0.05) is 18.6 Å². The van der Waals surface area contributed by atoms with Gasteiger partial charge >= 0.3 is 0 Å². The van der Waals surface area contributed by atoms with Gasteiger partial charge in [-0.25, -0.2) is 0 Å². The molecule has 104 valence electrons. The van der Waals surface area contributed by atoms with E-state index in [0.29, 0.717) is 18.2 Å². The van der Waals surface area contributed by atoms with Gasteiger partial charge in [-0.05, 0) is 45.7 Å². The Labute approximate surface area is 112 Å². The van der Waals surface area contributed by atoms with Gasteiger partial charge in [0.1, 0.15) is 0 Å². The molecular weight excluding hydrogens is 224 g/mol. The van der Waals surface area contributed by atoms with Crippen molar-refractivity contribution < 1.29 is 4.74 Å². The fraction of sp³-hybridized carbons (Fsp3) is 0.867. The van der Waals surface area contributed by atoms with E-state index in [-0.39, 0.29) is 0 Å². The molecule has 2 heterocycles. The summed E-state index contributed by atoms with van der Waals surface area (Å²) in [5.74, 6) is 0. The average Bonchev–Trinajstić information content (AvgIpc) is 2.81. The first-order chi connectivity index (χ1) is 8.70. The molecule has 0 aromatic rings. The Bertz CT molecular complexity index is 280. The summed E-state index contributed by atoms with van der Waals surface area (Å²) in [4.78, 5) is 2.62. The average molecular weight is 252 g/mol. The topological polar surface area (TPSA) is 24.5 Å². The van der Waals surface area contributed by atoms with Crippen molar-refractivity contribution in [2.24, 2.45) is 0 Å². The largest absolute Gasteiger partial charge is 0.374 e. The van der Waals surface area contributed by atoms with Gasteiger partial charge in [-0.1, -0.05) is 12.5 Å². The lowest BCUT2D eigenvalue weighted by molar-refractivity contribution is -0.0653. The highest BCUT2D eigenvalue weighted by molar-refractivity contribution is 4.94. The second-order valence-electron chi connectivity index (χ2n) is 5.82. The molecule has 3 nitrogen and oxygen atoms in total. The van der Waals surface area contributed by atoms with Crippen LogP contribution in [-0.2, 0) is 4.74 Å². The van der Waals surface area contributed by atoms with Gasteiger partial charge in [0.2, 0.25) is 0 Å². The van der Waals surface area contributed by atoms with Crippen molar-refractivity contribution in [3.8, 4) is 0 Å². The Hall–Kier alpha value is -0.380. The van der Waals surface area contributed by atoms with Crippen LogP contribution in [0.4, 0.5) is 0 Å². The van der Waals surface area contributed by atoms with Crippen LogP contribution in [0.15, 0.2) is 12.2 Å². The summed E-state index contributed by atoms with van der Waals surface area (Å²) in [6.45, 7) is 12.6. The van der Waals surface area contributed by atoms with Crippen LogP contribution in [0.2, 0.25) is 0 Å². The number of nitrogens with one attached hydrogen (secondary N) is 1. The highest BCUT2D eigenvalue weighted by Crippen LogP contribution is 2.25. The van der Waals surface area contributed by atoms with Crippen molar-refractivity contribution >= 4 is 0 Å². The Morgan fingerprint density at radius 2 is 2.39 bits per heavy atom. The summed E-state index contributed by atoms with van der Waals surface area (Å²) in [6, 6.07) is 1.18. The van der Waals surface area contributed by atoms with E-state index in [9.17, 15) is 0 Å². The summed E-state index contributed by atoms with van der Waals surface area (Å²) in [7, 11) is 0. The van der Waals surface area contributed by atoms with Crippen LogP contribution in [0.25, 0.3) is 0 Å². The Kier molecular flexibility index (Phi) is 5.22. The number of likely N-dealkylation sites (N-methyl/N-ethyl adjacent to an activating group) is 1. The third kappa shape index (κ3) is 3.56. The zero-order valence-corrected chi connectivity index (χ0v) is 12.0. The number of allylic oxidation sites excluding steroid dienone is 1. The summed E-state index contributed by atoms with van der Waals surface area (Å²) in [6.07, 6.45) is 5.27. The number of hydrogen-bond acceptors (Lipinski definition) is 3. The first-order valence-electron chi connectivity index (χ1n) is 7.44. The van der Waals surface area contributed by atoms with Gasteiger partial charge < -0.3 is 10.1 Å². The summed E-state index contributed by atoms with van der Waals surface area (Å²) < 4.78 is 6.11. The normalized spacial score (nSPS) is 30.1. The van der Waals surface area contributed by atoms with Gasteiger partial charge in [0.15, 0.2) is 0 Å². The van der Waals surface area contributed by atoms with Crippen LogP contribution in [0.3, 0.4) is 0 Å². The quantitative estimate of drug-likeness (QED) is 0.733. The van der Waals surface area contributed by atoms with E-state index in [4.69, 9.17) is 4.74 Å². The molecule has 3 heteroatoms. The standard InChI is InChI=1S/C15H28N2O/c1-4-16-14(8-7-12(2)3)15-10-17-9-5-6-13(17)11-18-15/h13-16H,2,4-11H2,1,3H3. The van der Waals surface area contributed by atoms with Gasteiger partial charge in [-0.2, -0.15) is 0 Å². The molecular formula is C15H28N2O. The molecule has 0 radical (unpaired) electrons. The molecule has 2 aliphatic rings. The lowest BCUT2D eigenvalue weighted by atomic mass is 10.0. The fourth-order valence-electron chi connectivity index (χ4n) is 3.17. The van der Waals surface area contributed by atoms with E-state index in [1.54, 1.807) is 0 Å². The first kappa shape index (κ1) is 14.0. The molecule has 18 heavy (non-hydrogen) atoms. The lowest BCUT2D eigenvalue weighted by Gasteiger charge is -2.39. The monoisotopic (exact) mass is 252 g/mol. The molecule has 0 amide bonds. The maximum Gasteiger partial charge on any atom is 0.0855 e. The number of hydrogen-bond donors (Lipinski definition) is 1. The number of morpholine rings is 1. The third-order valence-corrected chi connectivity index (χ3v) is 4.21. The number of fused-ring (bicyclic) bond motifs is 1. The minimum Gasteiger partial charge on any atom is -0.374 e. The molecule has 2 fully saturated rings. The van der Waals surface area contributed by atoms with Crippen molar-refractivity contribution in [1.82, 2.24) is 10.2 Å². The van der Waals surface area contributed by atoms with E-state index < -0.39 is 0 Å². The summed E-state index contributed by atoms with van der Waals surface area (Å²) in [5, 5.41) is 3.59. The van der Waals surface area contributed by atoms with Crippen molar-refractivity contribution in [2.75, 3.05) is 26.2 Å². The number of ether oxygens (including phenoxy) is 1. The van der Waals surface area contributed by atoms with E-state index in [0.717, 1.165) is 32.5 Å². The van der Waals surface area contributed by atoms with E-state index in [1.165, 1.54) is 25.0 Å². The number of nitrogens with zero attached hydrogens (tertiary/aromatic N) is 1. The fourth-order valence-corrected chi connectivity index (χ4v) is 3.17. The SMILES string of the molecule is C=C(C)CCC(NCC)C1CN2CCCC2CO1. The van der Waals surface area contributed by atoms with Gasteiger partial charge in [0.25, 0.3) is 0 Å². The zero-order chi connectivity index (χ0) is 13.0. The lowest BCUT2D eigenvalue weighted by Crippen LogP contribution is -2.54. The highest BCUT2D eigenvalue weighted by atomic mass is 16.5. The van der Waals surface area contributed by atoms with Crippen molar-refractivity contribution in [2.45, 2.75) is 57.7 Å². The van der Waals surface area contributed by atoms with Gasteiger partial charge in [0.05, 0.1) is 12.7 Å². The van der Waals surface area contributed by atoms with Crippen LogP contribution in [0.5, 0.6) is 0 Å². The highest BCUT2D eigenvalue weighted by Gasteiger charge is 2.35. The molecule has 0 saturated carbocycles. The molecule has 0 bridgehead atoms. The molecule has 0 aromatic carbocycles. The van der Waals surface area contributed by atoms with Crippen molar-refractivity contribution in [3.63, 3.8) is 0 Å². The van der Waals surface area contributed by atoms with Crippen LogP contribution >= 0.6 is 0 Å². The van der Waals surface area contributed by atoms with E-state index in [1.807, 2.05) is 0 Å². The molecule has 3 unspecified atom stereocenters. The number of rotatable bonds is 6. The summed E-state index contributed by atoms with van der Waals surface area (Å²) in [5.41, 5.74) is 1.27. The molecule has 0 aliphatic carbocycles. The second-order valence-corrected chi connectivity index (χ2v) is 5.82. The van der Waals surface area contributed by atoms with Gasteiger partial charge in [-0.3, -0.25) is 4.90 Å². The van der Waals surface area contributed by atoms with E-state index in [2.05, 4.69) is 30.6 Å². The minimum atomic E-state index is 0.360. The summed E-state index contributed by atoms with van der Waals surface area (Å²) >= 11 is 0. The maximum absolute atomic E-state index is 6.11. The Morgan fingerprint density at radius 1 is 1.56 bits per heavy atom. The molecule has 1 N–H and O–H groups in total. The van der Waals surface area contributed by atoms with Crippen LogP contribution in [-0.4, -0.2) is 49.3 Å². The van der Waals surface area contributed by atoms with Gasteiger partial charge in [-0.15, -0.1) is 6.58 Å². The Morgan fingerprint density at radius 3 is 3.11 bits per heavy atom. The smallest absolute Gasteiger partial charge is 0.0855 e. The maximum atomic E-state index is 6.11. The van der Waals surface area contributed by atoms with Crippen molar-refractivity contribution in [3.05, 3.63) is 12.2 Å². The molecule has 0 aromatic heterocycles. The Balaban J connectivity index is 1.87. The second kappa shape index (κ2) is 6.69. The van der Waals surface area contributed by atoms with Crippen LogP contribution in [0, 0.1) is 0 Å². The predicted molar refractivity (Wildman–Crippen MR) is 75.8 cm³/mol. The minimum absolute atomic E-state index is 0.360. The zero-order valence-electron chi connectivity index (χ0n) is 12.0. The first-order valence-corrected chi connectivity index (χ1v) is 7.44. The third-order valence-electron chi connectivity index (χ3n) is 4.21. The van der Waals surface area contributed by atoms with E-state index >= 15 is 0 Å². The molecule has 3 atom stereocenters.